The molecule has 2 rings (SSSR count). The lowest BCUT2D eigenvalue weighted by atomic mass is 9.92. The van der Waals surface area contributed by atoms with Crippen LogP contribution in [0.1, 0.15) is 25.7 Å². The number of methoxy groups -OCH3 is 1. The van der Waals surface area contributed by atoms with Gasteiger partial charge >= 0.3 is 0 Å². The summed E-state index contributed by atoms with van der Waals surface area (Å²) >= 11 is 0. The maximum atomic E-state index is 13.7. The van der Waals surface area contributed by atoms with Gasteiger partial charge in [-0.3, -0.25) is 0 Å². The van der Waals surface area contributed by atoms with E-state index in [-0.39, 0.29) is 22.7 Å². The number of hydrogen-bond acceptors (Lipinski definition) is 4. The van der Waals surface area contributed by atoms with Crippen LogP contribution in [0.2, 0.25) is 0 Å². The molecule has 5 nitrogen and oxygen atoms in total. The van der Waals surface area contributed by atoms with Gasteiger partial charge in [-0.2, -0.15) is 4.31 Å². The molecule has 0 heterocycles. The van der Waals surface area contributed by atoms with Crippen LogP contribution >= 0.6 is 0 Å². The molecule has 0 aliphatic heterocycles. The standard InChI is InChI=1S/C14H21FN2O3S/c1-17(11-5-3-10(16)4-6-11)21(18,19)12-7-8-14(20-2)13(15)9-12/h7-11H,3-6,16H2,1-2H3. The molecule has 1 aliphatic carbocycles. The molecule has 1 saturated carbocycles. The van der Waals surface area contributed by atoms with Gasteiger partial charge in [-0.25, -0.2) is 12.8 Å². The lowest BCUT2D eigenvalue weighted by molar-refractivity contribution is 0.268. The van der Waals surface area contributed by atoms with Gasteiger partial charge in [0.1, 0.15) is 0 Å². The van der Waals surface area contributed by atoms with E-state index in [4.69, 9.17) is 10.5 Å². The largest absolute Gasteiger partial charge is 0.494 e. The van der Waals surface area contributed by atoms with E-state index in [9.17, 15) is 12.8 Å². The normalized spacial score (nSPS) is 23.3. The molecule has 1 aromatic carbocycles. The molecule has 2 N–H and O–H groups in total. The van der Waals surface area contributed by atoms with Crippen LogP contribution in [-0.2, 0) is 10.0 Å². The Labute approximate surface area is 124 Å². The average Bonchev–Trinajstić information content (AvgIpc) is 2.47. The SMILES string of the molecule is COc1ccc(S(=O)(=O)N(C)C2CCC(N)CC2)cc1F. The van der Waals surface area contributed by atoms with Gasteiger partial charge in [-0.1, -0.05) is 0 Å². The highest BCUT2D eigenvalue weighted by molar-refractivity contribution is 7.89. The summed E-state index contributed by atoms with van der Waals surface area (Å²) in [5.74, 6) is -0.655. The van der Waals surface area contributed by atoms with Gasteiger partial charge in [0.2, 0.25) is 10.0 Å². The molecule has 0 unspecified atom stereocenters. The van der Waals surface area contributed by atoms with E-state index in [1.54, 1.807) is 7.05 Å². The third-order valence-electron chi connectivity index (χ3n) is 4.06. The van der Waals surface area contributed by atoms with Crippen LogP contribution in [0.25, 0.3) is 0 Å². The van der Waals surface area contributed by atoms with Crippen molar-refractivity contribution < 1.29 is 17.5 Å². The van der Waals surface area contributed by atoms with Gasteiger partial charge in [-0.15, -0.1) is 0 Å². The number of hydrogen-bond donors (Lipinski definition) is 1. The second-order valence-corrected chi connectivity index (χ2v) is 7.38. The fourth-order valence-electron chi connectivity index (χ4n) is 2.64. The number of rotatable bonds is 4. The van der Waals surface area contributed by atoms with E-state index in [1.807, 2.05) is 0 Å². The Morgan fingerprint density at radius 3 is 2.43 bits per heavy atom. The van der Waals surface area contributed by atoms with Gasteiger partial charge in [0.25, 0.3) is 0 Å². The van der Waals surface area contributed by atoms with Gasteiger partial charge in [0.15, 0.2) is 11.6 Å². The average molecular weight is 316 g/mol. The number of halogens is 1. The van der Waals surface area contributed by atoms with E-state index >= 15 is 0 Å². The van der Waals surface area contributed by atoms with Crippen LogP contribution in [0.5, 0.6) is 5.75 Å². The number of sulfonamides is 1. The quantitative estimate of drug-likeness (QED) is 0.918. The Hall–Kier alpha value is -1.18. The first-order chi connectivity index (χ1) is 9.86. The molecule has 1 aromatic rings. The third kappa shape index (κ3) is 3.36. The second kappa shape index (κ2) is 6.29. The molecule has 0 radical (unpaired) electrons. The predicted molar refractivity (Wildman–Crippen MR) is 78.1 cm³/mol. The monoisotopic (exact) mass is 316 g/mol. The Bertz CT molecular complexity index is 598. The fraction of sp³-hybridized carbons (Fsp3) is 0.571. The summed E-state index contributed by atoms with van der Waals surface area (Å²) in [6, 6.07) is 3.75. The van der Waals surface area contributed by atoms with E-state index in [0.29, 0.717) is 0 Å². The minimum atomic E-state index is -3.71. The summed E-state index contributed by atoms with van der Waals surface area (Å²) < 4.78 is 45.0. The Morgan fingerprint density at radius 2 is 1.90 bits per heavy atom. The van der Waals surface area contributed by atoms with Gasteiger partial charge in [-0.05, 0) is 43.9 Å². The van der Waals surface area contributed by atoms with E-state index < -0.39 is 15.8 Å². The molecule has 7 heteroatoms. The summed E-state index contributed by atoms with van der Waals surface area (Å²) in [6.45, 7) is 0. The minimum absolute atomic E-state index is 0.0280. The van der Waals surface area contributed by atoms with Crippen LogP contribution in [0.3, 0.4) is 0 Å². The van der Waals surface area contributed by atoms with Gasteiger partial charge < -0.3 is 10.5 Å². The topological polar surface area (TPSA) is 72.6 Å². The van der Waals surface area contributed by atoms with Crippen molar-refractivity contribution in [2.75, 3.05) is 14.2 Å². The van der Waals surface area contributed by atoms with Crippen molar-refractivity contribution in [2.45, 2.75) is 42.7 Å². The molecule has 1 aliphatic rings. The lowest BCUT2D eigenvalue weighted by Crippen LogP contribution is -2.41. The van der Waals surface area contributed by atoms with Gasteiger partial charge in [0, 0.05) is 19.1 Å². The maximum absolute atomic E-state index is 13.7. The summed E-state index contributed by atoms with van der Waals surface area (Å²) in [5, 5.41) is 0. The summed E-state index contributed by atoms with van der Waals surface area (Å²) in [7, 11) is -0.829. The maximum Gasteiger partial charge on any atom is 0.243 e. The summed E-state index contributed by atoms with van der Waals surface area (Å²) in [5.41, 5.74) is 5.84. The molecular weight excluding hydrogens is 295 g/mol. The molecule has 0 bridgehead atoms. The van der Waals surface area contributed by atoms with Crippen LogP contribution in [-0.4, -0.2) is 39.0 Å². The van der Waals surface area contributed by atoms with Gasteiger partial charge in [0.05, 0.1) is 12.0 Å². The van der Waals surface area contributed by atoms with Crippen LogP contribution in [0, 0.1) is 5.82 Å². The Morgan fingerprint density at radius 1 is 1.29 bits per heavy atom. The molecule has 0 amide bonds. The third-order valence-corrected chi connectivity index (χ3v) is 5.96. The molecule has 1 fully saturated rings. The van der Waals surface area contributed by atoms with Crippen LogP contribution in [0.15, 0.2) is 23.1 Å². The Balaban J connectivity index is 2.22. The van der Waals surface area contributed by atoms with Crippen molar-refractivity contribution in [3.8, 4) is 5.75 Å². The van der Waals surface area contributed by atoms with E-state index in [2.05, 4.69) is 0 Å². The fourth-order valence-corrected chi connectivity index (χ4v) is 4.06. The van der Waals surface area contributed by atoms with Crippen molar-refractivity contribution in [3.63, 3.8) is 0 Å². The van der Waals surface area contributed by atoms with Crippen molar-refractivity contribution in [2.24, 2.45) is 5.73 Å². The molecule has 118 valence electrons. The molecular formula is C14H21FN2O3S. The Kier molecular flexibility index (Phi) is 4.85. The van der Waals surface area contributed by atoms with E-state index in [1.165, 1.54) is 23.5 Å². The molecule has 21 heavy (non-hydrogen) atoms. The molecule has 0 saturated heterocycles. The molecule has 0 aromatic heterocycles. The zero-order valence-electron chi connectivity index (χ0n) is 12.3. The summed E-state index contributed by atoms with van der Waals surface area (Å²) in [4.78, 5) is -0.0572. The van der Waals surface area contributed by atoms with Crippen molar-refractivity contribution in [3.05, 3.63) is 24.0 Å². The lowest BCUT2D eigenvalue weighted by Gasteiger charge is -2.32. The molecule has 0 atom stereocenters. The smallest absolute Gasteiger partial charge is 0.243 e. The molecule has 0 spiro atoms. The van der Waals surface area contributed by atoms with Crippen molar-refractivity contribution >= 4 is 10.0 Å². The van der Waals surface area contributed by atoms with Crippen LogP contribution in [0.4, 0.5) is 4.39 Å². The van der Waals surface area contributed by atoms with E-state index in [0.717, 1.165) is 31.7 Å². The number of nitrogens with two attached hydrogens (primary N) is 1. The highest BCUT2D eigenvalue weighted by atomic mass is 32.2. The zero-order valence-corrected chi connectivity index (χ0v) is 13.1. The number of benzene rings is 1. The first-order valence-electron chi connectivity index (χ1n) is 6.93. The number of ether oxygens (including phenoxy) is 1. The first-order valence-corrected chi connectivity index (χ1v) is 8.37. The van der Waals surface area contributed by atoms with Crippen molar-refractivity contribution in [1.29, 1.82) is 0 Å². The highest BCUT2D eigenvalue weighted by Crippen LogP contribution is 2.28. The summed E-state index contributed by atoms with van der Waals surface area (Å²) in [6.07, 6.45) is 3.08. The first kappa shape index (κ1) is 16.2. The van der Waals surface area contributed by atoms with Crippen molar-refractivity contribution in [1.82, 2.24) is 4.31 Å². The number of nitrogens with zero attached hydrogens (tertiary/aromatic N) is 1. The zero-order chi connectivity index (χ0) is 15.6. The second-order valence-electron chi connectivity index (χ2n) is 5.39. The predicted octanol–water partition coefficient (Wildman–Crippen LogP) is 1.72. The van der Waals surface area contributed by atoms with Crippen LogP contribution < -0.4 is 10.5 Å². The highest BCUT2D eigenvalue weighted by Gasteiger charge is 2.31. The minimum Gasteiger partial charge on any atom is -0.494 e.